The van der Waals surface area contributed by atoms with Crippen LogP contribution in [0.2, 0.25) is 0 Å². The topological polar surface area (TPSA) is 54.3 Å². The van der Waals surface area contributed by atoms with Crippen molar-refractivity contribution in [3.63, 3.8) is 0 Å². The summed E-state index contributed by atoms with van der Waals surface area (Å²) in [7, 11) is 1.64. The summed E-state index contributed by atoms with van der Waals surface area (Å²) in [5, 5.41) is 13.0. The molecule has 1 saturated carbocycles. The Morgan fingerprint density at radius 3 is 2.76 bits per heavy atom. The third-order valence-corrected chi connectivity index (χ3v) is 3.93. The second kappa shape index (κ2) is 7.33. The Bertz CT molecular complexity index is 494. The Labute approximate surface area is 127 Å². The molecule has 1 fully saturated rings. The Balaban J connectivity index is 1.78. The molecule has 0 aliphatic heterocycles. The zero-order chi connectivity index (χ0) is 15.1. The van der Waals surface area contributed by atoms with Gasteiger partial charge in [0.25, 0.3) is 0 Å². The SMILES string of the molecule is CCC(C#N)(CCCOc1cccc(OC)c1)NC1CC1. The lowest BCUT2D eigenvalue weighted by Gasteiger charge is -2.26. The summed E-state index contributed by atoms with van der Waals surface area (Å²) in [5.74, 6) is 1.60. The van der Waals surface area contributed by atoms with Crippen molar-refractivity contribution in [1.29, 1.82) is 5.26 Å². The molecule has 21 heavy (non-hydrogen) atoms. The van der Waals surface area contributed by atoms with Gasteiger partial charge in [0.15, 0.2) is 0 Å². The zero-order valence-corrected chi connectivity index (χ0v) is 12.9. The summed E-state index contributed by atoms with van der Waals surface area (Å²) in [5.41, 5.74) is -0.390. The van der Waals surface area contributed by atoms with Gasteiger partial charge < -0.3 is 9.47 Å². The van der Waals surface area contributed by atoms with Crippen LogP contribution >= 0.6 is 0 Å². The molecule has 0 spiro atoms. The van der Waals surface area contributed by atoms with Crippen LogP contribution in [0.5, 0.6) is 11.5 Å². The third kappa shape index (κ3) is 4.64. The van der Waals surface area contributed by atoms with Gasteiger partial charge in [0.05, 0.1) is 19.8 Å². The highest BCUT2D eigenvalue weighted by molar-refractivity contribution is 5.32. The van der Waals surface area contributed by atoms with Gasteiger partial charge in [-0.3, -0.25) is 5.32 Å². The van der Waals surface area contributed by atoms with Crippen molar-refractivity contribution in [2.45, 2.75) is 50.6 Å². The van der Waals surface area contributed by atoms with E-state index in [-0.39, 0.29) is 5.54 Å². The standard InChI is InChI=1S/C17H24N2O2/c1-3-17(13-18,19-14-8-9-14)10-5-11-21-16-7-4-6-15(12-16)20-2/h4,6-7,12,14,19H,3,5,8-11H2,1-2H3. The smallest absolute Gasteiger partial charge is 0.122 e. The lowest BCUT2D eigenvalue weighted by molar-refractivity contribution is 0.274. The summed E-state index contributed by atoms with van der Waals surface area (Å²) in [4.78, 5) is 0. The molecule has 1 atom stereocenters. The molecule has 1 aromatic rings. The molecule has 114 valence electrons. The van der Waals surface area contributed by atoms with Gasteiger partial charge >= 0.3 is 0 Å². The molecular formula is C17H24N2O2. The minimum atomic E-state index is -0.390. The molecule has 0 bridgehead atoms. The number of nitrogens with one attached hydrogen (secondary N) is 1. The molecule has 1 aliphatic rings. The predicted molar refractivity (Wildman–Crippen MR) is 82.5 cm³/mol. The molecule has 1 unspecified atom stereocenters. The number of hydrogen-bond donors (Lipinski definition) is 1. The monoisotopic (exact) mass is 288 g/mol. The van der Waals surface area contributed by atoms with E-state index in [1.165, 1.54) is 12.8 Å². The van der Waals surface area contributed by atoms with Crippen LogP contribution in [0.1, 0.15) is 39.0 Å². The first-order valence-electron chi connectivity index (χ1n) is 7.67. The van der Waals surface area contributed by atoms with E-state index in [9.17, 15) is 5.26 Å². The van der Waals surface area contributed by atoms with E-state index in [1.54, 1.807) is 7.11 Å². The fourth-order valence-electron chi connectivity index (χ4n) is 2.39. The molecule has 0 amide bonds. The molecule has 1 N–H and O–H groups in total. The zero-order valence-electron chi connectivity index (χ0n) is 12.9. The Kier molecular flexibility index (Phi) is 5.46. The minimum absolute atomic E-state index is 0.390. The van der Waals surface area contributed by atoms with Crippen molar-refractivity contribution in [2.75, 3.05) is 13.7 Å². The average Bonchev–Trinajstić information content (AvgIpc) is 3.34. The summed E-state index contributed by atoms with van der Waals surface area (Å²) in [6.45, 7) is 2.68. The lowest BCUT2D eigenvalue weighted by atomic mass is 9.92. The first-order valence-corrected chi connectivity index (χ1v) is 7.67. The molecule has 0 saturated heterocycles. The maximum absolute atomic E-state index is 9.47. The summed E-state index contributed by atoms with van der Waals surface area (Å²) in [6.07, 6.45) is 4.91. The number of rotatable bonds is 9. The Hall–Kier alpha value is -1.73. The van der Waals surface area contributed by atoms with Crippen molar-refractivity contribution < 1.29 is 9.47 Å². The molecule has 0 radical (unpaired) electrons. The third-order valence-electron chi connectivity index (χ3n) is 3.93. The fourth-order valence-corrected chi connectivity index (χ4v) is 2.39. The van der Waals surface area contributed by atoms with E-state index >= 15 is 0 Å². The molecule has 0 aromatic heterocycles. The molecule has 1 aromatic carbocycles. The van der Waals surface area contributed by atoms with E-state index in [4.69, 9.17) is 9.47 Å². The number of ether oxygens (including phenoxy) is 2. The van der Waals surface area contributed by atoms with Gasteiger partial charge in [-0.05, 0) is 44.2 Å². The van der Waals surface area contributed by atoms with Crippen LogP contribution < -0.4 is 14.8 Å². The fraction of sp³-hybridized carbons (Fsp3) is 0.588. The van der Waals surface area contributed by atoms with Crippen LogP contribution in [0.3, 0.4) is 0 Å². The second-order valence-corrected chi connectivity index (χ2v) is 5.60. The van der Waals surface area contributed by atoms with Gasteiger partial charge in [-0.15, -0.1) is 0 Å². The number of hydrogen-bond acceptors (Lipinski definition) is 4. The number of benzene rings is 1. The van der Waals surface area contributed by atoms with Crippen molar-refractivity contribution >= 4 is 0 Å². The summed E-state index contributed by atoms with van der Waals surface area (Å²) in [6, 6.07) is 10.6. The average molecular weight is 288 g/mol. The quantitative estimate of drug-likeness (QED) is 0.709. The summed E-state index contributed by atoms with van der Waals surface area (Å²) >= 11 is 0. The van der Waals surface area contributed by atoms with Gasteiger partial charge in [0, 0.05) is 12.1 Å². The molecule has 4 heteroatoms. The highest BCUT2D eigenvalue weighted by Gasteiger charge is 2.34. The molecule has 4 nitrogen and oxygen atoms in total. The number of methoxy groups -OCH3 is 1. The first kappa shape index (κ1) is 15.7. The van der Waals surface area contributed by atoms with Crippen LogP contribution in [0.25, 0.3) is 0 Å². The van der Waals surface area contributed by atoms with Crippen molar-refractivity contribution in [2.24, 2.45) is 0 Å². The molecule has 0 heterocycles. The highest BCUT2D eigenvalue weighted by Crippen LogP contribution is 2.27. The lowest BCUT2D eigenvalue weighted by Crippen LogP contribution is -2.44. The van der Waals surface area contributed by atoms with Crippen LogP contribution in [0.4, 0.5) is 0 Å². The first-order chi connectivity index (χ1) is 10.2. The van der Waals surface area contributed by atoms with E-state index in [0.29, 0.717) is 12.6 Å². The van der Waals surface area contributed by atoms with Crippen molar-refractivity contribution in [3.05, 3.63) is 24.3 Å². The number of nitriles is 1. The van der Waals surface area contributed by atoms with Gasteiger partial charge in [0.1, 0.15) is 17.0 Å². The van der Waals surface area contributed by atoms with E-state index in [1.807, 2.05) is 24.3 Å². The van der Waals surface area contributed by atoms with Crippen LogP contribution in [0, 0.1) is 11.3 Å². The maximum atomic E-state index is 9.47. The molecule has 1 aliphatic carbocycles. The predicted octanol–water partition coefficient (Wildman–Crippen LogP) is 3.28. The van der Waals surface area contributed by atoms with E-state index in [2.05, 4.69) is 18.3 Å². The van der Waals surface area contributed by atoms with Gasteiger partial charge in [-0.25, -0.2) is 0 Å². The van der Waals surface area contributed by atoms with Crippen molar-refractivity contribution in [3.8, 4) is 17.6 Å². The van der Waals surface area contributed by atoms with Gasteiger partial charge in [-0.1, -0.05) is 13.0 Å². The van der Waals surface area contributed by atoms with Crippen LogP contribution in [-0.2, 0) is 0 Å². The van der Waals surface area contributed by atoms with E-state index in [0.717, 1.165) is 30.8 Å². The highest BCUT2D eigenvalue weighted by atomic mass is 16.5. The second-order valence-electron chi connectivity index (χ2n) is 5.60. The summed E-state index contributed by atoms with van der Waals surface area (Å²) < 4.78 is 10.9. The van der Waals surface area contributed by atoms with Crippen LogP contribution in [0.15, 0.2) is 24.3 Å². The Morgan fingerprint density at radius 2 is 2.14 bits per heavy atom. The Morgan fingerprint density at radius 1 is 1.38 bits per heavy atom. The van der Waals surface area contributed by atoms with Gasteiger partial charge in [-0.2, -0.15) is 5.26 Å². The van der Waals surface area contributed by atoms with Crippen LogP contribution in [-0.4, -0.2) is 25.3 Å². The largest absolute Gasteiger partial charge is 0.497 e. The minimum Gasteiger partial charge on any atom is -0.497 e. The maximum Gasteiger partial charge on any atom is 0.122 e. The van der Waals surface area contributed by atoms with E-state index < -0.39 is 0 Å². The molecular weight excluding hydrogens is 264 g/mol. The number of nitrogens with zero attached hydrogens (tertiary/aromatic N) is 1. The normalized spacial score (nSPS) is 16.8. The van der Waals surface area contributed by atoms with Crippen molar-refractivity contribution in [1.82, 2.24) is 5.32 Å². The van der Waals surface area contributed by atoms with Gasteiger partial charge in [0.2, 0.25) is 0 Å². The molecule has 2 rings (SSSR count).